The molecule has 0 aliphatic rings. The summed E-state index contributed by atoms with van der Waals surface area (Å²) in [5.41, 5.74) is 4.31. The van der Waals surface area contributed by atoms with Crippen LogP contribution in [-0.4, -0.2) is 6.29 Å². The van der Waals surface area contributed by atoms with Crippen LogP contribution in [0.15, 0.2) is 46.9 Å². The van der Waals surface area contributed by atoms with E-state index in [-0.39, 0.29) is 0 Å². The fraction of sp³-hybridized carbons (Fsp3) is 0.188. The zero-order valence-electron chi connectivity index (χ0n) is 10.5. The third kappa shape index (κ3) is 2.88. The lowest BCUT2D eigenvalue weighted by molar-refractivity contribution is 0.112. The van der Waals surface area contributed by atoms with Gasteiger partial charge in [0.05, 0.1) is 0 Å². The van der Waals surface area contributed by atoms with Gasteiger partial charge in [0.25, 0.3) is 0 Å². The highest BCUT2D eigenvalue weighted by Crippen LogP contribution is 2.28. The first-order chi connectivity index (χ1) is 8.60. The van der Waals surface area contributed by atoms with Crippen LogP contribution in [0.4, 0.5) is 0 Å². The Kier molecular flexibility index (Phi) is 3.97. The predicted octanol–water partition coefficient (Wildman–Crippen LogP) is 5.05. The molecule has 0 saturated heterocycles. The number of carbonyl (C=O) groups excluding carboxylic acids is 1. The summed E-state index contributed by atoms with van der Waals surface area (Å²) in [6, 6.07) is 14.1. The largest absolute Gasteiger partial charge is 0.298 e. The molecule has 2 rings (SSSR count). The fourth-order valence-electron chi connectivity index (χ4n) is 1.87. The van der Waals surface area contributed by atoms with Crippen LogP contribution in [0.2, 0.25) is 0 Å². The maximum absolute atomic E-state index is 10.6. The molecule has 92 valence electrons. The van der Waals surface area contributed by atoms with Crippen LogP contribution in [0.1, 0.15) is 35.7 Å². The molecule has 0 spiro atoms. The molecule has 2 heteroatoms. The van der Waals surface area contributed by atoms with Gasteiger partial charge in [-0.05, 0) is 34.7 Å². The van der Waals surface area contributed by atoms with Gasteiger partial charge in [0.1, 0.15) is 6.29 Å². The average Bonchev–Trinajstić information content (AvgIpc) is 2.38. The SMILES string of the molecule is CC(C)c1cc(Br)cc(-c2ccc(C=O)cc2)c1. The molecule has 0 saturated carbocycles. The summed E-state index contributed by atoms with van der Waals surface area (Å²) in [4.78, 5) is 10.6. The first-order valence-corrected chi connectivity index (χ1v) is 6.75. The molecule has 0 heterocycles. The molecule has 0 bridgehead atoms. The molecule has 0 atom stereocenters. The minimum absolute atomic E-state index is 0.496. The predicted molar refractivity (Wildman–Crippen MR) is 79.1 cm³/mol. The zero-order chi connectivity index (χ0) is 13.1. The number of rotatable bonds is 3. The summed E-state index contributed by atoms with van der Waals surface area (Å²) in [5, 5.41) is 0. The lowest BCUT2D eigenvalue weighted by Crippen LogP contribution is -1.89. The van der Waals surface area contributed by atoms with Gasteiger partial charge in [-0.25, -0.2) is 0 Å². The average molecular weight is 303 g/mol. The first-order valence-electron chi connectivity index (χ1n) is 5.96. The van der Waals surface area contributed by atoms with Crippen LogP contribution in [0.3, 0.4) is 0 Å². The van der Waals surface area contributed by atoms with E-state index in [0.717, 1.165) is 16.3 Å². The summed E-state index contributed by atoms with van der Waals surface area (Å²) >= 11 is 3.55. The topological polar surface area (TPSA) is 17.1 Å². The molecule has 0 fully saturated rings. The second-order valence-corrected chi connectivity index (χ2v) is 5.58. The van der Waals surface area contributed by atoms with Crippen molar-refractivity contribution in [1.29, 1.82) is 0 Å². The fourth-order valence-corrected chi connectivity index (χ4v) is 2.38. The summed E-state index contributed by atoms with van der Waals surface area (Å²) < 4.78 is 1.09. The molecule has 1 nitrogen and oxygen atoms in total. The Balaban J connectivity index is 2.45. The van der Waals surface area contributed by atoms with Crippen molar-refractivity contribution in [2.45, 2.75) is 19.8 Å². The van der Waals surface area contributed by atoms with Crippen molar-refractivity contribution in [2.24, 2.45) is 0 Å². The van der Waals surface area contributed by atoms with Gasteiger partial charge in [-0.3, -0.25) is 4.79 Å². The van der Waals surface area contributed by atoms with E-state index in [1.807, 2.05) is 24.3 Å². The number of hydrogen-bond donors (Lipinski definition) is 0. The standard InChI is InChI=1S/C16H15BrO/c1-11(2)14-7-15(9-16(17)8-14)13-5-3-12(10-18)4-6-13/h3-11H,1-2H3. The molecule has 0 N–H and O–H groups in total. The molecule has 0 aliphatic heterocycles. The van der Waals surface area contributed by atoms with E-state index in [1.165, 1.54) is 11.1 Å². The van der Waals surface area contributed by atoms with E-state index < -0.39 is 0 Å². The second-order valence-electron chi connectivity index (χ2n) is 4.67. The lowest BCUT2D eigenvalue weighted by Gasteiger charge is -2.10. The minimum atomic E-state index is 0.496. The van der Waals surface area contributed by atoms with E-state index in [4.69, 9.17) is 0 Å². The van der Waals surface area contributed by atoms with E-state index >= 15 is 0 Å². The Hall–Kier alpha value is -1.41. The third-order valence-electron chi connectivity index (χ3n) is 2.97. The van der Waals surface area contributed by atoms with Gasteiger partial charge in [-0.2, -0.15) is 0 Å². The first kappa shape index (κ1) is 13.0. The zero-order valence-corrected chi connectivity index (χ0v) is 12.1. The maximum Gasteiger partial charge on any atom is 0.150 e. The smallest absolute Gasteiger partial charge is 0.150 e. The van der Waals surface area contributed by atoms with Crippen molar-refractivity contribution in [3.8, 4) is 11.1 Å². The molecule has 0 radical (unpaired) electrons. The monoisotopic (exact) mass is 302 g/mol. The normalized spacial score (nSPS) is 10.7. The van der Waals surface area contributed by atoms with Crippen LogP contribution < -0.4 is 0 Å². The van der Waals surface area contributed by atoms with Crippen LogP contribution in [0.25, 0.3) is 11.1 Å². The van der Waals surface area contributed by atoms with Crippen molar-refractivity contribution in [2.75, 3.05) is 0 Å². The highest BCUT2D eigenvalue weighted by molar-refractivity contribution is 9.10. The Bertz CT molecular complexity index is 556. The van der Waals surface area contributed by atoms with Crippen molar-refractivity contribution in [1.82, 2.24) is 0 Å². The second kappa shape index (κ2) is 5.49. The molecule has 18 heavy (non-hydrogen) atoms. The Morgan fingerprint density at radius 1 is 1.00 bits per heavy atom. The Morgan fingerprint density at radius 3 is 2.22 bits per heavy atom. The van der Waals surface area contributed by atoms with Crippen molar-refractivity contribution in [3.63, 3.8) is 0 Å². The van der Waals surface area contributed by atoms with Gasteiger partial charge >= 0.3 is 0 Å². The van der Waals surface area contributed by atoms with Crippen molar-refractivity contribution in [3.05, 3.63) is 58.1 Å². The van der Waals surface area contributed by atoms with Gasteiger partial charge < -0.3 is 0 Å². The van der Waals surface area contributed by atoms with E-state index in [0.29, 0.717) is 11.5 Å². The van der Waals surface area contributed by atoms with Gasteiger partial charge in [-0.1, -0.05) is 60.1 Å². The van der Waals surface area contributed by atoms with Gasteiger partial charge in [0, 0.05) is 10.0 Å². The highest BCUT2D eigenvalue weighted by atomic mass is 79.9. The number of aldehydes is 1. The van der Waals surface area contributed by atoms with Gasteiger partial charge in [0.2, 0.25) is 0 Å². The summed E-state index contributed by atoms with van der Waals surface area (Å²) in [5.74, 6) is 0.496. The summed E-state index contributed by atoms with van der Waals surface area (Å²) in [7, 11) is 0. The highest BCUT2D eigenvalue weighted by Gasteiger charge is 2.05. The van der Waals surface area contributed by atoms with Crippen LogP contribution in [-0.2, 0) is 0 Å². The molecule has 2 aromatic carbocycles. The lowest BCUT2D eigenvalue weighted by atomic mass is 9.97. The van der Waals surface area contributed by atoms with E-state index in [1.54, 1.807) is 0 Å². The quantitative estimate of drug-likeness (QED) is 0.725. The minimum Gasteiger partial charge on any atom is -0.298 e. The Morgan fingerprint density at radius 2 is 1.67 bits per heavy atom. The Labute approximate surface area is 116 Å². The van der Waals surface area contributed by atoms with Gasteiger partial charge in [0.15, 0.2) is 0 Å². The van der Waals surface area contributed by atoms with Gasteiger partial charge in [-0.15, -0.1) is 0 Å². The molecule has 0 unspecified atom stereocenters. The van der Waals surface area contributed by atoms with Crippen molar-refractivity contribution < 1.29 is 4.79 Å². The van der Waals surface area contributed by atoms with Crippen molar-refractivity contribution >= 4 is 22.2 Å². The van der Waals surface area contributed by atoms with E-state index in [9.17, 15) is 4.79 Å². The maximum atomic E-state index is 10.6. The molecule has 0 amide bonds. The molecule has 2 aromatic rings. The summed E-state index contributed by atoms with van der Waals surface area (Å²) in [6.07, 6.45) is 0.865. The molecule has 0 aliphatic carbocycles. The molecular formula is C16H15BrO. The number of carbonyl (C=O) groups is 1. The number of halogens is 1. The number of hydrogen-bond acceptors (Lipinski definition) is 1. The van der Waals surface area contributed by atoms with Crippen LogP contribution in [0.5, 0.6) is 0 Å². The van der Waals surface area contributed by atoms with Crippen LogP contribution >= 0.6 is 15.9 Å². The van der Waals surface area contributed by atoms with Crippen LogP contribution in [0, 0.1) is 0 Å². The molecule has 0 aromatic heterocycles. The molecular weight excluding hydrogens is 288 g/mol. The van der Waals surface area contributed by atoms with E-state index in [2.05, 4.69) is 48.0 Å². The number of benzene rings is 2. The third-order valence-corrected chi connectivity index (χ3v) is 3.42. The summed E-state index contributed by atoms with van der Waals surface area (Å²) in [6.45, 7) is 4.36.